The molecule has 0 aromatic heterocycles. The molecule has 0 amide bonds. The normalized spacial score (nSPS) is 29.3. The molecule has 2 aliphatic carbocycles. The molecule has 0 heterocycles. The summed E-state index contributed by atoms with van der Waals surface area (Å²) in [4.78, 5) is 14.6. The molecule has 2 atom stereocenters. The zero-order valence-corrected chi connectivity index (χ0v) is 12.3. The van der Waals surface area contributed by atoms with E-state index in [-0.39, 0.29) is 0 Å². The van der Waals surface area contributed by atoms with Crippen LogP contribution in [0.5, 0.6) is 0 Å². The Bertz CT molecular complexity index is 283. The molecule has 2 saturated carbocycles. The van der Waals surface area contributed by atoms with Gasteiger partial charge in [-0.2, -0.15) is 0 Å². The first-order valence-corrected chi connectivity index (χ1v) is 7.83. The first-order valence-electron chi connectivity index (χ1n) is 7.83. The minimum atomic E-state index is 0.335. The average molecular weight is 251 g/mol. The van der Waals surface area contributed by atoms with Gasteiger partial charge in [-0.25, -0.2) is 0 Å². The zero-order chi connectivity index (χ0) is 13.1. The minimum absolute atomic E-state index is 0.335. The number of rotatable bonds is 6. The van der Waals surface area contributed by atoms with Crippen LogP contribution in [0.2, 0.25) is 0 Å². The fourth-order valence-corrected chi connectivity index (χ4v) is 3.07. The van der Waals surface area contributed by atoms with Crippen molar-refractivity contribution in [1.29, 1.82) is 0 Å². The van der Waals surface area contributed by atoms with Gasteiger partial charge in [-0.3, -0.25) is 9.69 Å². The van der Waals surface area contributed by atoms with Gasteiger partial charge in [0.05, 0.1) is 0 Å². The lowest BCUT2D eigenvalue weighted by Gasteiger charge is -2.31. The van der Waals surface area contributed by atoms with Crippen molar-refractivity contribution < 1.29 is 4.79 Å². The van der Waals surface area contributed by atoms with Crippen molar-refractivity contribution in [3.63, 3.8) is 0 Å². The van der Waals surface area contributed by atoms with E-state index in [1.165, 1.54) is 25.8 Å². The van der Waals surface area contributed by atoms with Crippen LogP contribution < -0.4 is 0 Å². The van der Waals surface area contributed by atoms with Crippen LogP contribution >= 0.6 is 0 Å². The van der Waals surface area contributed by atoms with Crippen LogP contribution in [0.15, 0.2) is 0 Å². The molecule has 0 aliphatic heterocycles. The van der Waals surface area contributed by atoms with Crippen LogP contribution in [0, 0.1) is 17.8 Å². The lowest BCUT2D eigenvalue weighted by atomic mass is 9.81. The Morgan fingerprint density at radius 2 is 2.00 bits per heavy atom. The van der Waals surface area contributed by atoms with Gasteiger partial charge in [0, 0.05) is 24.9 Å². The summed E-state index contributed by atoms with van der Waals surface area (Å²) in [5.41, 5.74) is 0. The Hall–Kier alpha value is -0.370. The highest BCUT2D eigenvalue weighted by Crippen LogP contribution is 2.32. The van der Waals surface area contributed by atoms with Crippen LogP contribution in [0.3, 0.4) is 0 Å². The van der Waals surface area contributed by atoms with E-state index in [1.807, 2.05) is 0 Å². The third-order valence-electron chi connectivity index (χ3n) is 4.54. The molecular weight excluding hydrogens is 222 g/mol. The number of Topliss-reactive ketones (excluding diaryl/α,β-unsaturated/α-hetero) is 1. The van der Waals surface area contributed by atoms with Gasteiger partial charge in [0.15, 0.2) is 0 Å². The largest absolute Gasteiger partial charge is 0.300 e. The molecule has 0 radical (unpaired) electrons. The van der Waals surface area contributed by atoms with E-state index in [0.717, 1.165) is 43.7 Å². The van der Waals surface area contributed by atoms with Gasteiger partial charge in [0.1, 0.15) is 5.78 Å². The van der Waals surface area contributed by atoms with E-state index >= 15 is 0 Å². The molecule has 104 valence electrons. The van der Waals surface area contributed by atoms with Crippen LogP contribution in [0.1, 0.15) is 59.3 Å². The van der Waals surface area contributed by atoms with E-state index in [0.29, 0.717) is 11.7 Å². The van der Waals surface area contributed by atoms with Crippen LogP contribution in [-0.2, 0) is 4.79 Å². The predicted molar refractivity (Wildman–Crippen MR) is 75.6 cm³/mol. The monoisotopic (exact) mass is 251 g/mol. The van der Waals surface area contributed by atoms with Gasteiger partial charge in [-0.05, 0) is 50.5 Å². The lowest BCUT2D eigenvalue weighted by Crippen LogP contribution is -2.38. The van der Waals surface area contributed by atoms with Gasteiger partial charge in [0.25, 0.3) is 0 Å². The molecule has 0 bridgehead atoms. The lowest BCUT2D eigenvalue weighted by molar-refractivity contribution is -0.126. The molecule has 2 rings (SSSR count). The second kappa shape index (κ2) is 6.18. The first-order chi connectivity index (χ1) is 8.56. The summed E-state index contributed by atoms with van der Waals surface area (Å²) in [7, 11) is 0. The summed E-state index contributed by atoms with van der Waals surface area (Å²) in [5, 5.41) is 0. The van der Waals surface area contributed by atoms with Crippen molar-refractivity contribution in [2.24, 2.45) is 17.8 Å². The highest BCUT2D eigenvalue weighted by molar-refractivity contribution is 5.81. The van der Waals surface area contributed by atoms with Crippen LogP contribution in [0.4, 0.5) is 0 Å². The standard InChI is InChI=1S/C16H29NO/c1-12(2)8-9-17(15-5-6-15)11-14-10-13(3)4-7-16(14)18/h12-15H,4-11H2,1-3H3. The van der Waals surface area contributed by atoms with Crippen molar-refractivity contribution in [3.8, 4) is 0 Å². The summed E-state index contributed by atoms with van der Waals surface area (Å²) in [6.45, 7) is 9.12. The molecular formula is C16H29NO. The summed E-state index contributed by atoms with van der Waals surface area (Å²) in [6.07, 6.45) is 7.05. The molecule has 2 unspecified atom stereocenters. The Balaban J connectivity index is 1.85. The second-order valence-electron chi connectivity index (χ2n) is 6.95. The summed E-state index contributed by atoms with van der Waals surface area (Å²) >= 11 is 0. The molecule has 2 heteroatoms. The van der Waals surface area contributed by atoms with Crippen LogP contribution in [-0.4, -0.2) is 29.8 Å². The Morgan fingerprint density at radius 3 is 2.61 bits per heavy atom. The fourth-order valence-electron chi connectivity index (χ4n) is 3.07. The quantitative estimate of drug-likeness (QED) is 0.720. The highest BCUT2D eigenvalue weighted by atomic mass is 16.1. The molecule has 2 nitrogen and oxygen atoms in total. The molecule has 0 N–H and O–H groups in total. The van der Waals surface area contributed by atoms with E-state index in [9.17, 15) is 4.79 Å². The highest BCUT2D eigenvalue weighted by Gasteiger charge is 2.34. The third kappa shape index (κ3) is 4.08. The van der Waals surface area contributed by atoms with Crippen molar-refractivity contribution in [2.45, 2.75) is 65.3 Å². The zero-order valence-electron chi connectivity index (χ0n) is 12.3. The van der Waals surface area contributed by atoms with Gasteiger partial charge in [0.2, 0.25) is 0 Å². The molecule has 0 spiro atoms. The fraction of sp³-hybridized carbons (Fsp3) is 0.938. The Labute approximate surface area is 112 Å². The SMILES string of the molecule is CC(C)CCN(CC1CC(C)CCC1=O)C1CC1. The van der Waals surface area contributed by atoms with E-state index in [4.69, 9.17) is 0 Å². The minimum Gasteiger partial charge on any atom is -0.300 e. The predicted octanol–water partition coefficient (Wildman–Crippen LogP) is 3.50. The number of carbonyl (C=O) groups excluding carboxylic acids is 1. The maximum atomic E-state index is 12.0. The number of ketones is 1. The van der Waals surface area contributed by atoms with E-state index < -0.39 is 0 Å². The first kappa shape index (κ1) is 14.0. The average Bonchev–Trinajstić information content (AvgIpc) is 3.12. The number of carbonyl (C=O) groups is 1. The van der Waals surface area contributed by atoms with Crippen LogP contribution in [0.25, 0.3) is 0 Å². The molecule has 0 saturated heterocycles. The second-order valence-corrected chi connectivity index (χ2v) is 6.95. The Morgan fingerprint density at radius 1 is 1.28 bits per heavy atom. The van der Waals surface area contributed by atoms with Gasteiger partial charge < -0.3 is 0 Å². The maximum Gasteiger partial charge on any atom is 0.137 e. The van der Waals surface area contributed by atoms with Crippen molar-refractivity contribution in [3.05, 3.63) is 0 Å². The van der Waals surface area contributed by atoms with Gasteiger partial charge >= 0.3 is 0 Å². The summed E-state index contributed by atoms with van der Waals surface area (Å²) in [6, 6.07) is 0.800. The molecule has 2 fully saturated rings. The van der Waals surface area contributed by atoms with E-state index in [1.54, 1.807) is 0 Å². The summed E-state index contributed by atoms with van der Waals surface area (Å²) < 4.78 is 0. The number of hydrogen-bond acceptors (Lipinski definition) is 2. The van der Waals surface area contributed by atoms with Gasteiger partial charge in [-0.15, -0.1) is 0 Å². The van der Waals surface area contributed by atoms with Crippen molar-refractivity contribution in [1.82, 2.24) is 4.90 Å². The van der Waals surface area contributed by atoms with Crippen molar-refractivity contribution >= 4 is 5.78 Å². The number of nitrogens with zero attached hydrogens (tertiary/aromatic N) is 1. The number of hydrogen-bond donors (Lipinski definition) is 0. The molecule has 2 aliphatic rings. The maximum absolute atomic E-state index is 12.0. The van der Waals surface area contributed by atoms with E-state index in [2.05, 4.69) is 25.7 Å². The Kier molecular flexibility index (Phi) is 4.83. The van der Waals surface area contributed by atoms with Gasteiger partial charge in [-0.1, -0.05) is 20.8 Å². The smallest absolute Gasteiger partial charge is 0.137 e. The third-order valence-corrected chi connectivity index (χ3v) is 4.54. The van der Waals surface area contributed by atoms with Crippen molar-refractivity contribution in [2.75, 3.05) is 13.1 Å². The topological polar surface area (TPSA) is 20.3 Å². The molecule has 18 heavy (non-hydrogen) atoms. The summed E-state index contributed by atoms with van der Waals surface area (Å²) in [5.74, 6) is 2.39. The molecule has 0 aromatic rings. The molecule has 0 aromatic carbocycles.